The summed E-state index contributed by atoms with van der Waals surface area (Å²) in [6.45, 7) is 1.87. The quantitative estimate of drug-likeness (QED) is 0.862. The molecule has 0 bridgehead atoms. The van der Waals surface area contributed by atoms with Crippen LogP contribution < -0.4 is 0 Å². The number of carboxylic acid groups (broad SMARTS) is 1. The van der Waals surface area contributed by atoms with Gasteiger partial charge in [0.2, 0.25) is 0 Å². The van der Waals surface area contributed by atoms with Crippen molar-refractivity contribution in [3.05, 3.63) is 64.1 Å². The Bertz CT molecular complexity index is 841. The smallest absolute Gasteiger partial charge is 0.308 e. The lowest BCUT2D eigenvalue weighted by molar-refractivity contribution is -0.138. The molecular weight excluding hydrogens is 380 g/mol. The van der Waals surface area contributed by atoms with E-state index in [1.54, 1.807) is 48.5 Å². The Kier molecular flexibility index (Phi) is 4.06. The highest BCUT2D eigenvalue weighted by Crippen LogP contribution is 2.54. The van der Waals surface area contributed by atoms with Gasteiger partial charge in [-0.3, -0.25) is 4.79 Å². The van der Waals surface area contributed by atoms with Crippen molar-refractivity contribution in [1.29, 1.82) is 0 Å². The maximum absolute atomic E-state index is 12.8. The average Bonchev–Trinajstić information content (AvgIpc) is 3.25. The Labute approximate surface area is 143 Å². The summed E-state index contributed by atoms with van der Waals surface area (Å²) >= 11 is 3.32. The van der Waals surface area contributed by atoms with Gasteiger partial charge in [0.25, 0.3) is 0 Å². The second-order valence-corrected chi connectivity index (χ2v) is 8.79. The predicted molar refractivity (Wildman–Crippen MR) is 90.2 cm³/mol. The van der Waals surface area contributed by atoms with E-state index in [0.29, 0.717) is 0 Å². The van der Waals surface area contributed by atoms with Crippen LogP contribution in [0, 0.1) is 12.8 Å². The van der Waals surface area contributed by atoms with Crippen molar-refractivity contribution in [2.45, 2.75) is 23.0 Å². The van der Waals surface area contributed by atoms with Gasteiger partial charge >= 0.3 is 5.97 Å². The lowest BCUT2D eigenvalue weighted by Gasteiger charge is -2.05. The minimum Gasteiger partial charge on any atom is -0.481 e. The fourth-order valence-corrected chi connectivity index (χ4v) is 5.32. The van der Waals surface area contributed by atoms with Gasteiger partial charge < -0.3 is 5.11 Å². The highest BCUT2D eigenvalue weighted by molar-refractivity contribution is 9.10. The van der Waals surface area contributed by atoms with Crippen molar-refractivity contribution in [2.75, 3.05) is 0 Å². The van der Waals surface area contributed by atoms with E-state index in [4.69, 9.17) is 0 Å². The summed E-state index contributed by atoms with van der Waals surface area (Å²) in [6.07, 6.45) is 0. The first kappa shape index (κ1) is 16.2. The molecule has 2 aromatic carbocycles. The van der Waals surface area contributed by atoms with Crippen LogP contribution in [0.2, 0.25) is 0 Å². The third-order valence-electron chi connectivity index (χ3n) is 4.20. The number of rotatable bonds is 4. The van der Waals surface area contributed by atoms with Gasteiger partial charge in [-0.1, -0.05) is 45.8 Å². The Hall–Kier alpha value is -1.66. The summed E-state index contributed by atoms with van der Waals surface area (Å²) in [5.41, 5.74) is 1.69. The van der Waals surface area contributed by atoms with Crippen molar-refractivity contribution >= 4 is 31.7 Å². The standard InChI is InChI=1S/C17H15BrO4S/c1-10-2-8-13(9-3-10)23(21,22)16-14(15(16)17(19)20)11-4-6-12(18)7-5-11/h2-9,14-16H,1H3,(H,19,20)/t14-,15+,16+/m1/s1. The number of sulfone groups is 1. The van der Waals surface area contributed by atoms with Crippen LogP contribution in [-0.4, -0.2) is 24.7 Å². The van der Waals surface area contributed by atoms with Gasteiger partial charge in [0.05, 0.1) is 16.1 Å². The average molecular weight is 395 g/mol. The van der Waals surface area contributed by atoms with Gasteiger partial charge in [-0.2, -0.15) is 0 Å². The molecule has 0 heterocycles. The molecule has 120 valence electrons. The molecule has 1 N–H and O–H groups in total. The second-order valence-electron chi connectivity index (χ2n) is 5.76. The summed E-state index contributed by atoms with van der Waals surface area (Å²) in [5.74, 6) is -2.48. The van der Waals surface area contributed by atoms with Crippen LogP contribution in [0.4, 0.5) is 0 Å². The lowest BCUT2D eigenvalue weighted by atomic mass is 10.1. The van der Waals surface area contributed by atoms with Crippen molar-refractivity contribution in [3.8, 4) is 0 Å². The largest absolute Gasteiger partial charge is 0.481 e. The molecule has 0 amide bonds. The van der Waals surface area contributed by atoms with E-state index in [1.807, 2.05) is 6.92 Å². The van der Waals surface area contributed by atoms with Crippen molar-refractivity contribution in [3.63, 3.8) is 0 Å². The Balaban J connectivity index is 1.98. The van der Waals surface area contributed by atoms with Crippen LogP contribution in [0.25, 0.3) is 0 Å². The van der Waals surface area contributed by atoms with Crippen LogP contribution in [-0.2, 0) is 14.6 Å². The van der Waals surface area contributed by atoms with Gasteiger partial charge in [0, 0.05) is 10.4 Å². The van der Waals surface area contributed by atoms with Gasteiger partial charge in [0.1, 0.15) is 0 Å². The monoisotopic (exact) mass is 394 g/mol. The molecule has 1 aliphatic carbocycles. The molecule has 0 radical (unpaired) electrons. The fourth-order valence-electron chi connectivity index (χ4n) is 2.93. The molecule has 0 aromatic heterocycles. The van der Waals surface area contributed by atoms with Crippen LogP contribution >= 0.6 is 15.9 Å². The summed E-state index contributed by atoms with van der Waals surface area (Å²) in [5, 5.41) is 8.48. The molecular formula is C17H15BrO4S. The molecule has 6 heteroatoms. The third kappa shape index (κ3) is 2.93. The summed E-state index contributed by atoms with van der Waals surface area (Å²) in [6, 6.07) is 13.7. The van der Waals surface area contributed by atoms with Crippen molar-refractivity contribution in [1.82, 2.24) is 0 Å². The van der Waals surface area contributed by atoms with E-state index in [1.165, 1.54) is 0 Å². The zero-order chi connectivity index (χ0) is 16.8. The number of halogens is 1. The molecule has 4 nitrogen and oxygen atoms in total. The van der Waals surface area contributed by atoms with Crippen LogP contribution in [0.15, 0.2) is 57.9 Å². The first-order valence-electron chi connectivity index (χ1n) is 7.11. The third-order valence-corrected chi connectivity index (χ3v) is 6.96. The van der Waals surface area contributed by atoms with Crippen LogP contribution in [0.3, 0.4) is 0 Å². The maximum atomic E-state index is 12.8. The van der Waals surface area contributed by atoms with Gasteiger partial charge in [-0.15, -0.1) is 0 Å². The molecule has 0 spiro atoms. The van der Waals surface area contributed by atoms with E-state index >= 15 is 0 Å². The molecule has 1 fully saturated rings. The fraction of sp³-hybridized carbons (Fsp3) is 0.235. The zero-order valence-electron chi connectivity index (χ0n) is 12.3. The summed E-state index contributed by atoms with van der Waals surface area (Å²) in [4.78, 5) is 11.7. The van der Waals surface area contributed by atoms with Gasteiger partial charge in [-0.25, -0.2) is 8.42 Å². The Morgan fingerprint density at radius 2 is 1.61 bits per heavy atom. The van der Waals surface area contributed by atoms with E-state index < -0.39 is 32.9 Å². The predicted octanol–water partition coefficient (Wildman–Crippen LogP) is 3.40. The van der Waals surface area contributed by atoms with Crippen molar-refractivity contribution < 1.29 is 18.3 Å². The molecule has 1 saturated carbocycles. The van der Waals surface area contributed by atoms with Crippen LogP contribution in [0.5, 0.6) is 0 Å². The minimum absolute atomic E-state index is 0.180. The number of hydrogen-bond donors (Lipinski definition) is 1. The lowest BCUT2D eigenvalue weighted by Crippen LogP contribution is -2.13. The molecule has 3 atom stereocenters. The normalized spacial score (nSPS) is 23.5. The van der Waals surface area contributed by atoms with Crippen molar-refractivity contribution in [2.24, 2.45) is 5.92 Å². The Morgan fingerprint density at radius 3 is 2.13 bits per heavy atom. The SMILES string of the molecule is Cc1ccc(S(=O)(=O)[C@@H]2[C@@H](C(=O)O)[C@H]2c2ccc(Br)cc2)cc1. The highest BCUT2D eigenvalue weighted by atomic mass is 79.9. The molecule has 0 saturated heterocycles. The second kappa shape index (κ2) is 5.76. The van der Waals surface area contributed by atoms with Crippen LogP contribution in [0.1, 0.15) is 17.0 Å². The Morgan fingerprint density at radius 1 is 1.04 bits per heavy atom. The number of hydrogen-bond acceptors (Lipinski definition) is 3. The highest BCUT2D eigenvalue weighted by Gasteiger charge is 2.63. The summed E-state index contributed by atoms with van der Waals surface area (Å²) < 4.78 is 26.5. The molecule has 0 unspecified atom stereocenters. The number of carboxylic acids is 1. The topological polar surface area (TPSA) is 71.4 Å². The number of aryl methyl sites for hydroxylation is 1. The van der Waals surface area contributed by atoms with Gasteiger partial charge in [-0.05, 0) is 36.8 Å². The molecule has 0 aliphatic heterocycles. The first-order chi connectivity index (χ1) is 10.8. The first-order valence-corrected chi connectivity index (χ1v) is 9.45. The van der Waals surface area contributed by atoms with E-state index in [0.717, 1.165) is 15.6 Å². The van der Waals surface area contributed by atoms with E-state index in [9.17, 15) is 18.3 Å². The molecule has 1 aliphatic rings. The summed E-state index contributed by atoms with van der Waals surface area (Å²) in [7, 11) is -3.68. The molecule has 2 aromatic rings. The van der Waals surface area contributed by atoms with E-state index in [-0.39, 0.29) is 4.90 Å². The van der Waals surface area contributed by atoms with E-state index in [2.05, 4.69) is 15.9 Å². The number of carbonyl (C=O) groups is 1. The maximum Gasteiger partial charge on any atom is 0.308 e. The zero-order valence-corrected chi connectivity index (χ0v) is 14.7. The molecule has 23 heavy (non-hydrogen) atoms. The number of aliphatic carboxylic acids is 1. The van der Waals surface area contributed by atoms with Gasteiger partial charge in [0.15, 0.2) is 9.84 Å². The number of benzene rings is 2. The molecule has 3 rings (SSSR count). The minimum atomic E-state index is -3.68.